The second-order valence-electron chi connectivity index (χ2n) is 6.67. The number of hydrogen-bond donors (Lipinski definition) is 1. The molecule has 0 radical (unpaired) electrons. The number of hydrazone groups is 1. The van der Waals surface area contributed by atoms with Crippen LogP contribution >= 0.6 is 0 Å². The quantitative estimate of drug-likeness (QED) is 0.863. The van der Waals surface area contributed by atoms with Crippen molar-refractivity contribution in [3.05, 3.63) is 53.9 Å². The van der Waals surface area contributed by atoms with Gasteiger partial charge in [-0.05, 0) is 11.6 Å². The van der Waals surface area contributed by atoms with E-state index in [2.05, 4.69) is 15.1 Å². The van der Waals surface area contributed by atoms with Crippen LogP contribution in [0.2, 0.25) is 0 Å². The molecule has 0 aliphatic carbocycles. The van der Waals surface area contributed by atoms with E-state index < -0.39 is 5.91 Å². The second-order valence-corrected chi connectivity index (χ2v) is 6.67. The van der Waals surface area contributed by atoms with Crippen molar-refractivity contribution in [2.75, 3.05) is 31.1 Å². The zero-order chi connectivity index (χ0) is 19.5. The summed E-state index contributed by atoms with van der Waals surface area (Å²) in [6.45, 7) is 2.19. The number of urea groups is 1. The van der Waals surface area contributed by atoms with Crippen LogP contribution in [0.15, 0.2) is 47.7 Å². The Morgan fingerprint density at radius 2 is 1.79 bits per heavy atom. The molecule has 2 aliphatic heterocycles. The Bertz CT molecular complexity index is 894. The normalized spacial score (nSPS) is 19.1. The van der Waals surface area contributed by atoms with E-state index in [-0.39, 0.29) is 17.8 Å². The van der Waals surface area contributed by atoms with Gasteiger partial charge >= 0.3 is 6.03 Å². The fourth-order valence-corrected chi connectivity index (χ4v) is 3.43. The first-order valence-corrected chi connectivity index (χ1v) is 9.17. The van der Waals surface area contributed by atoms with Crippen LogP contribution in [0, 0.1) is 0 Å². The third-order valence-electron chi connectivity index (χ3n) is 4.94. The average Bonchev–Trinajstić information content (AvgIpc) is 3.24. The van der Waals surface area contributed by atoms with E-state index in [0.29, 0.717) is 38.5 Å². The molecular weight excluding hydrogens is 358 g/mol. The van der Waals surface area contributed by atoms with Crippen LogP contribution in [0.4, 0.5) is 10.7 Å². The number of rotatable bonds is 3. The maximum atomic E-state index is 13.0. The Kier molecular flexibility index (Phi) is 4.88. The summed E-state index contributed by atoms with van der Waals surface area (Å²) >= 11 is 0. The van der Waals surface area contributed by atoms with Gasteiger partial charge in [0.1, 0.15) is 5.69 Å². The van der Waals surface area contributed by atoms with Gasteiger partial charge in [0.25, 0.3) is 5.91 Å². The van der Waals surface area contributed by atoms with Gasteiger partial charge in [0, 0.05) is 45.0 Å². The molecule has 9 nitrogen and oxygen atoms in total. The van der Waals surface area contributed by atoms with Gasteiger partial charge in [-0.25, -0.2) is 19.8 Å². The number of carbonyl (C=O) groups excluding carboxylic acids is 2. The van der Waals surface area contributed by atoms with Crippen molar-refractivity contribution in [2.24, 2.45) is 10.8 Å². The molecule has 3 amide bonds. The minimum Gasteiger partial charge on any atom is -0.364 e. The highest BCUT2D eigenvalue weighted by Gasteiger charge is 2.33. The maximum absolute atomic E-state index is 13.0. The molecule has 0 saturated carbocycles. The molecule has 28 heavy (non-hydrogen) atoms. The highest BCUT2D eigenvalue weighted by atomic mass is 16.2. The standard InChI is InChI=1S/C19H21N7O2/c20-17(27)15-6-8-21-18(23-15)24-10-12-25(13-11-24)19(28)26-16(7-9-22-26)14-4-2-1-3-5-14/h1-6,8-9,16H,7,10-13H2,(H2,20,27)/t16-/m0/s1. The van der Waals surface area contributed by atoms with Crippen LogP contribution in [-0.4, -0.2) is 64.2 Å². The lowest BCUT2D eigenvalue weighted by molar-refractivity contribution is 0.0995. The van der Waals surface area contributed by atoms with Crippen LogP contribution in [0.3, 0.4) is 0 Å². The SMILES string of the molecule is NC(=O)c1ccnc(N2CCN(C(=O)N3N=CC[C@H]3c3ccccc3)CC2)n1. The predicted molar refractivity (Wildman–Crippen MR) is 104 cm³/mol. The third-order valence-corrected chi connectivity index (χ3v) is 4.94. The zero-order valence-electron chi connectivity index (χ0n) is 15.3. The van der Waals surface area contributed by atoms with E-state index in [9.17, 15) is 9.59 Å². The number of nitrogens with zero attached hydrogens (tertiary/aromatic N) is 6. The molecule has 1 saturated heterocycles. The van der Waals surface area contributed by atoms with Gasteiger partial charge in [0.05, 0.1) is 6.04 Å². The zero-order valence-corrected chi connectivity index (χ0v) is 15.3. The summed E-state index contributed by atoms with van der Waals surface area (Å²) in [5.74, 6) is -0.138. The number of hydrogen-bond acceptors (Lipinski definition) is 6. The minimum atomic E-state index is -0.587. The molecule has 1 aromatic heterocycles. The smallest absolute Gasteiger partial charge is 0.341 e. The highest BCUT2D eigenvalue weighted by Crippen LogP contribution is 2.29. The van der Waals surface area contributed by atoms with Crippen molar-refractivity contribution < 1.29 is 9.59 Å². The van der Waals surface area contributed by atoms with Crippen molar-refractivity contribution in [3.63, 3.8) is 0 Å². The van der Waals surface area contributed by atoms with E-state index in [0.717, 1.165) is 5.56 Å². The van der Waals surface area contributed by atoms with Crippen molar-refractivity contribution in [3.8, 4) is 0 Å². The summed E-state index contributed by atoms with van der Waals surface area (Å²) in [6, 6.07) is 11.2. The van der Waals surface area contributed by atoms with Crippen molar-refractivity contribution >= 4 is 24.1 Å². The topological polar surface area (TPSA) is 108 Å². The Morgan fingerprint density at radius 3 is 2.50 bits per heavy atom. The average molecular weight is 379 g/mol. The Labute approximate surface area is 162 Å². The Balaban J connectivity index is 1.41. The Morgan fingerprint density at radius 1 is 1.04 bits per heavy atom. The van der Waals surface area contributed by atoms with Gasteiger partial charge in [-0.3, -0.25) is 4.79 Å². The van der Waals surface area contributed by atoms with E-state index in [4.69, 9.17) is 5.73 Å². The molecule has 144 valence electrons. The lowest BCUT2D eigenvalue weighted by Gasteiger charge is -2.37. The molecule has 2 aromatic rings. The molecule has 9 heteroatoms. The Hall–Kier alpha value is -3.49. The van der Waals surface area contributed by atoms with Gasteiger partial charge in [0.15, 0.2) is 0 Å². The van der Waals surface area contributed by atoms with E-state index >= 15 is 0 Å². The fraction of sp³-hybridized carbons (Fsp3) is 0.316. The van der Waals surface area contributed by atoms with E-state index in [1.807, 2.05) is 35.2 Å². The number of anilines is 1. The number of piperazine rings is 1. The summed E-state index contributed by atoms with van der Waals surface area (Å²) < 4.78 is 0. The molecule has 3 heterocycles. The predicted octanol–water partition coefficient (Wildman–Crippen LogP) is 1.25. The van der Waals surface area contributed by atoms with Crippen molar-refractivity contribution in [2.45, 2.75) is 12.5 Å². The fourth-order valence-electron chi connectivity index (χ4n) is 3.43. The van der Waals surface area contributed by atoms with Gasteiger partial charge in [-0.2, -0.15) is 5.10 Å². The van der Waals surface area contributed by atoms with E-state index in [1.54, 1.807) is 16.1 Å². The molecule has 1 fully saturated rings. The van der Waals surface area contributed by atoms with Crippen LogP contribution in [0.25, 0.3) is 0 Å². The highest BCUT2D eigenvalue weighted by molar-refractivity contribution is 5.90. The summed E-state index contributed by atoms with van der Waals surface area (Å²) in [7, 11) is 0. The molecule has 0 bridgehead atoms. The largest absolute Gasteiger partial charge is 0.364 e. The third kappa shape index (κ3) is 3.51. The second kappa shape index (κ2) is 7.63. The number of benzene rings is 1. The summed E-state index contributed by atoms with van der Waals surface area (Å²) in [6.07, 6.45) is 4.02. The monoisotopic (exact) mass is 379 g/mol. The molecule has 2 N–H and O–H groups in total. The molecule has 0 spiro atoms. The number of aromatic nitrogens is 2. The summed E-state index contributed by atoms with van der Waals surface area (Å²) in [5, 5.41) is 5.87. The maximum Gasteiger partial charge on any atom is 0.341 e. The minimum absolute atomic E-state index is 0.0673. The summed E-state index contributed by atoms with van der Waals surface area (Å²) in [5.41, 5.74) is 6.54. The van der Waals surface area contributed by atoms with Crippen LogP contribution in [0.5, 0.6) is 0 Å². The van der Waals surface area contributed by atoms with Crippen LogP contribution in [0.1, 0.15) is 28.5 Å². The van der Waals surface area contributed by atoms with E-state index in [1.165, 1.54) is 12.3 Å². The summed E-state index contributed by atoms with van der Waals surface area (Å²) in [4.78, 5) is 36.5. The number of amides is 3. The molecule has 1 atom stereocenters. The van der Waals surface area contributed by atoms with Gasteiger partial charge in [-0.15, -0.1) is 0 Å². The van der Waals surface area contributed by atoms with Gasteiger partial charge in [0.2, 0.25) is 5.95 Å². The van der Waals surface area contributed by atoms with Crippen LogP contribution in [-0.2, 0) is 0 Å². The molecule has 4 rings (SSSR count). The van der Waals surface area contributed by atoms with Crippen molar-refractivity contribution in [1.82, 2.24) is 19.9 Å². The van der Waals surface area contributed by atoms with Crippen LogP contribution < -0.4 is 10.6 Å². The number of nitrogens with two attached hydrogens (primary N) is 1. The molecule has 2 aliphatic rings. The molecule has 1 aromatic carbocycles. The van der Waals surface area contributed by atoms with Gasteiger partial charge in [-0.1, -0.05) is 30.3 Å². The number of carbonyl (C=O) groups is 2. The molecular formula is C19H21N7O2. The van der Waals surface area contributed by atoms with Gasteiger partial charge < -0.3 is 15.5 Å². The number of primary amides is 1. The van der Waals surface area contributed by atoms with Crippen molar-refractivity contribution in [1.29, 1.82) is 0 Å². The lowest BCUT2D eigenvalue weighted by Crippen LogP contribution is -2.52. The first-order chi connectivity index (χ1) is 13.6. The first kappa shape index (κ1) is 17.9. The lowest BCUT2D eigenvalue weighted by atomic mass is 10.1. The first-order valence-electron chi connectivity index (χ1n) is 9.17. The molecule has 0 unspecified atom stereocenters.